The lowest BCUT2D eigenvalue weighted by atomic mass is 9.81. The third-order valence-electron chi connectivity index (χ3n) is 10.0. The highest BCUT2D eigenvalue weighted by Gasteiger charge is 2.32. The van der Waals surface area contributed by atoms with E-state index >= 15 is 0 Å². The van der Waals surface area contributed by atoms with Crippen LogP contribution in [-0.4, -0.2) is 99.3 Å². The van der Waals surface area contributed by atoms with Gasteiger partial charge in [-0.05, 0) is 164 Å². The molecule has 0 N–H and O–H groups in total. The predicted octanol–water partition coefficient (Wildman–Crippen LogP) is 12.6. The Kier molecular flexibility index (Phi) is 25.2. The molecule has 0 aromatic carbocycles. The minimum absolute atomic E-state index is 0.492. The molecule has 272 valence electrons. The largest absolute Gasteiger partial charge is 0.240 e. The quantitative estimate of drug-likeness (QED) is 0.0534. The van der Waals surface area contributed by atoms with Crippen molar-refractivity contribution >= 4 is 52.7 Å². The van der Waals surface area contributed by atoms with Gasteiger partial charge in [-0.3, -0.25) is 0 Å². The van der Waals surface area contributed by atoms with E-state index in [1.54, 1.807) is 0 Å². The second kappa shape index (κ2) is 24.8. The number of hydrogen-bond donors (Lipinski definition) is 1. The van der Waals surface area contributed by atoms with Gasteiger partial charge in [-0.1, -0.05) is 52.0 Å². The molecule has 0 saturated heterocycles. The summed E-state index contributed by atoms with van der Waals surface area (Å²) < 4.78 is 0. The van der Waals surface area contributed by atoms with Gasteiger partial charge >= 0.3 is 0 Å². The van der Waals surface area contributed by atoms with Crippen molar-refractivity contribution in [1.29, 1.82) is 0 Å². The van der Waals surface area contributed by atoms with Crippen molar-refractivity contribution in [3.63, 3.8) is 0 Å². The molecule has 45 heavy (non-hydrogen) atoms. The highest BCUT2D eigenvalue weighted by atomic mass is 32.3. The molecule has 0 saturated carbocycles. The van der Waals surface area contributed by atoms with Gasteiger partial charge in [0, 0.05) is 5.25 Å². The van der Waals surface area contributed by atoms with Crippen LogP contribution < -0.4 is 0 Å². The van der Waals surface area contributed by atoms with E-state index in [0.717, 1.165) is 5.92 Å². The normalized spacial score (nSPS) is 22.1. The Morgan fingerprint density at radius 1 is 0.467 bits per heavy atom. The maximum Gasteiger partial charge on any atom is 0.00553 e. The summed E-state index contributed by atoms with van der Waals surface area (Å²) in [6.45, 7) is 26.2. The van der Waals surface area contributed by atoms with E-state index in [1.165, 1.54) is 127 Å². The molecule has 0 radical (unpaired) electrons. The van der Waals surface area contributed by atoms with Crippen molar-refractivity contribution in [3.8, 4) is 0 Å². The monoisotopic (exact) mass is 723 g/mol. The summed E-state index contributed by atoms with van der Waals surface area (Å²) in [7, 11) is -2.53. The Bertz CT molecular complexity index is 813. The average Bonchev–Trinajstić information content (AvgIpc) is 2.95. The van der Waals surface area contributed by atoms with Crippen LogP contribution in [0.25, 0.3) is 0 Å². The number of rotatable bonds is 31. The molecule has 0 fully saturated rings. The van der Waals surface area contributed by atoms with Gasteiger partial charge in [-0.2, -0.15) is 12.6 Å². The minimum Gasteiger partial charge on any atom is -0.240 e. The van der Waals surface area contributed by atoms with E-state index in [-0.39, 0.29) is 0 Å². The first-order valence-corrected chi connectivity index (χ1v) is 29.0. The SMILES string of the molecule is C=CCS(C)(CCC)CCCC(CCS(C)(CC=C)CCC)C(CCS(C)(CC=C)CCC)C(S)CCS(C)(CC=C)CCC. The molecule has 7 unspecified atom stereocenters. The van der Waals surface area contributed by atoms with Crippen LogP contribution in [-0.2, 0) is 0 Å². The Morgan fingerprint density at radius 2 is 0.800 bits per heavy atom. The lowest BCUT2D eigenvalue weighted by Gasteiger charge is -2.43. The maximum absolute atomic E-state index is 5.60. The van der Waals surface area contributed by atoms with Gasteiger partial charge < -0.3 is 0 Å². The first-order valence-electron chi connectivity index (χ1n) is 18.2. The zero-order valence-electron chi connectivity index (χ0n) is 31.8. The standard InChI is InChI=1S/C40H82S5/c1-13-26-42(9,27-14-2)34-21-22-38(23-35-43(10,28-15-3)29-16-4)39(24-36-44(11,30-17-5)31-18-6)40(41)25-37-45(12,32-19-7)33-20-8/h13,15,17,19,38-41H,1,3,5,7,14,16,18,20-37H2,2,4,6,8-12H3. The molecular weight excluding hydrogens is 641 g/mol. The molecule has 0 amide bonds. The molecule has 5 heteroatoms. The van der Waals surface area contributed by atoms with Crippen LogP contribution in [0, 0.1) is 11.8 Å². The molecule has 0 aliphatic carbocycles. The molecule has 0 aromatic rings. The molecular formula is C40H82S5. The summed E-state index contributed by atoms with van der Waals surface area (Å²) in [5.74, 6) is 17.4. The molecule has 0 heterocycles. The summed E-state index contributed by atoms with van der Waals surface area (Å²) >= 11 is 5.60. The van der Waals surface area contributed by atoms with Crippen molar-refractivity contribution in [2.75, 3.05) is 94.1 Å². The van der Waals surface area contributed by atoms with Crippen LogP contribution in [0.15, 0.2) is 50.6 Å². The number of hydrogen-bond acceptors (Lipinski definition) is 1. The zero-order chi connectivity index (χ0) is 34.4. The van der Waals surface area contributed by atoms with Gasteiger partial charge in [0.05, 0.1) is 0 Å². The average molecular weight is 723 g/mol. The van der Waals surface area contributed by atoms with Crippen LogP contribution in [0.2, 0.25) is 0 Å². The Balaban J connectivity index is 6.46. The highest BCUT2D eigenvalue weighted by Crippen LogP contribution is 2.52. The van der Waals surface area contributed by atoms with E-state index in [0.29, 0.717) is 11.2 Å². The van der Waals surface area contributed by atoms with Crippen LogP contribution in [0.5, 0.6) is 0 Å². The lowest BCUT2D eigenvalue weighted by molar-refractivity contribution is 0.286. The third-order valence-corrected chi connectivity index (χ3v) is 25.3. The topological polar surface area (TPSA) is 0 Å². The zero-order valence-corrected chi connectivity index (χ0v) is 36.0. The van der Waals surface area contributed by atoms with Crippen LogP contribution in [0.4, 0.5) is 0 Å². The molecule has 0 bridgehead atoms. The molecule has 0 spiro atoms. The Hall–Kier alpha value is 0.710. The Morgan fingerprint density at radius 3 is 1.16 bits per heavy atom. The third kappa shape index (κ3) is 18.9. The van der Waals surface area contributed by atoms with Crippen LogP contribution in [0.3, 0.4) is 0 Å². The van der Waals surface area contributed by atoms with E-state index in [9.17, 15) is 0 Å². The molecule has 0 rings (SSSR count). The minimum atomic E-state index is -0.656. The molecule has 0 nitrogen and oxygen atoms in total. The fourth-order valence-electron chi connectivity index (χ4n) is 7.67. The Labute approximate surface area is 298 Å². The highest BCUT2D eigenvalue weighted by molar-refractivity contribution is 8.34. The summed E-state index contributed by atoms with van der Waals surface area (Å²) in [5.41, 5.74) is 0. The van der Waals surface area contributed by atoms with E-state index in [2.05, 4.69) is 103 Å². The molecule has 0 aliphatic heterocycles. The van der Waals surface area contributed by atoms with E-state index in [1.807, 2.05) is 0 Å². The van der Waals surface area contributed by atoms with Gasteiger partial charge in [0.15, 0.2) is 0 Å². The second-order valence-corrected chi connectivity index (χ2v) is 32.0. The van der Waals surface area contributed by atoms with Gasteiger partial charge in [0.2, 0.25) is 0 Å². The second-order valence-electron chi connectivity index (χ2n) is 14.9. The van der Waals surface area contributed by atoms with Gasteiger partial charge in [-0.15, -0.1) is 26.3 Å². The van der Waals surface area contributed by atoms with Crippen molar-refractivity contribution in [1.82, 2.24) is 0 Å². The van der Waals surface area contributed by atoms with Gasteiger partial charge in [0.25, 0.3) is 0 Å². The van der Waals surface area contributed by atoms with E-state index < -0.39 is 40.1 Å². The van der Waals surface area contributed by atoms with E-state index in [4.69, 9.17) is 12.6 Å². The van der Waals surface area contributed by atoms with Crippen molar-refractivity contribution in [2.45, 2.75) is 90.7 Å². The van der Waals surface area contributed by atoms with Crippen molar-refractivity contribution in [2.24, 2.45) is 11.8 Å². The van der Waals surface area contributed by atoms with Crippen molar-refractivity contribution in [3.05, 3.63) is 50.6 Å². The summed E-state index contributed by atoms with van der Waals surface area (Å²) in [5, 5.41) is 0.492. The van der Waals surface area contributed by atoms with Crippen molar-refractivity contribution < 1.29 is 0 Å². The summed E-state index contributed by atoms with van der Waals surface area (Å²) in [6.07, 6.45) is 31.2. The summed E-state index contributed by atoms with van der Waals surface area (Å²) in [6, 6.07) is 0. The molecule has 0 aromatic heterocycles. The molecule has 7 atom stereocenters. The number of thiol groups is 1. The molecule has 0 aliphatic rings. The lowest BCUT2D eigenvalue weighted by Crippen LogP contribution is -2.30. The smallest absolute Gasteiger partial charge is 0.00553 e. The van der Waals surface area contributed by atoms with Gasteiger partial charge in [0.1, 0.15) is 0 Å². The maximum atomic E-state index is 5.60. The fourth-order valence-corrected chi connectivity index (χ4v) is 20.1. The van der Waals surface area contributed by atoms with Crippen LogP contribution in [0.1, 0.15) is 85.5 Å². The predicted molar refractivity (Wildman–Crippen MR) is 237 cm³/mol. The van der Waals surface area contributed by atoms with Gasteiger partial charge in [-0.25, -0.2) is 40.1 Å². The first kappa shape index (κ1) is 45.7. The van der Waals surface area contributed by atoms with Crippen LogP contribution >= 0.6 is 52.7 Å². The fraction of sp³-hybridized carbons (Fsp3) is 0.800. The summed E-state index contributed by atoms with van der Waals surface area (Å²) in [4.78, 5) is 0. The first-order chi connectivity index (χ1) is 21.3.